The average molecular weight is 408 g/mol. The number of allylic oxidation sites excluding steroid dienone is 1. The van der Waals surface area contributed by atoms with E-state index in [2.05, 4.69) is 10.6 Å². The van der Waals surface area contributed by atoms with E-state index in [0.29, 0.717) is 0 Å². The molecule has 2 rings (SSSR count). The predicted octanol–water partition coefficient (Wildman–Crippen LogP) is 1.32. The van der Waals surface area contributed by atoms with Crippen LogP contribution in [0.2, 0.25) is 0 Å². The van der Waals surface area contributed by atoms with Crippen LogP contribution in [0.3, 0.4) is 0 Å². The predicted molar refractivity (Wildman–Crippen MR) is 112 cm³/mol. The van der Waals surface area contributed by atoms with Crippen molar-refractivity contribution in [1.82, 2.24) is 15.5 Å². The summed E-state index contributed by atoms with van der Waals surface area (Å²) in [5.41, 5.74) is -0.458. The summed E-state index contributed by atoms with van der Waals surface area (Å²) in [5, 5.41) is 15.8. The molecule has 0 spiro atoms. The van der Waals surface area contributed by atoms with Crippen molar-refractivity contribution in [3.63, 3.8) is 0 Å². The van der Waals surface area contributed by atoms with E-state index in [4.69, 9.17) is 0 Å². The monoisotopic (exact) mass is 407 g/mol. The minimum atomic E-state index is -0.742. The van der Waals surface area contributed by atoms with Gasteiger partial charge in [-0.1, -0.05) is 39.3 Å². The summed E-state index contributed by atoms with van der Waals surface area (Å²) in [4.78, 5) is 41.2. The highest BCUT2D eigenvalue weighted by molar-refractivity contribution is 5.97. The van der Waals surface area contributed by atoms with Gasteiger partial charge in [-0.15, -0.1) is 0 Å². The Balaban J connectivity index is 2.56. The highest BCUT2D eigenvalue weighted by Crippen LogP contribution is 2.45. The molecule has 1 aliphatic heterocycles. The lowest BCUT2D eigenvalue weighted by atomic mass is 9.70. The number of fused-ring (bicyclic) bond motifs is 1. The largest absolute Gasteiger partial charge is 0.394 e. The number of aliphatic hydroxyl groups excluding tert-OH is 1. The molecule has 0 aromatic heterocycles. The van der Waals surface area contributed by atoms with Crippen molar-refractivity contribution in [3.05, 3.63) is 12.2 Å². The van der Waals surface area contributed by atoms with Gasteiger partial charge in [-0.25, -0.2) is 0 Å². The number of carbonyl (C=O) groups is 3. The Morgan fingerprint density at radius 2 is 1.86 bits per heavy atom. The number of hydrogen-bond acceptors (Lipinski definition) is 4. The SMILES string of the molecule is CC[C@H](C)[C@H](CO)N1C(=O)[C@H]2[C@H](C=C[C@@H](C)[C@H]2C(=O)NC)[C@H]1C(=O)NC(C)(C)C. The normalized spacial score (nSPS) is 31.2. The Bertz CT molecular complexity index is 669. The van der Waals surface area contributed by atoms with Crippen LogP contribution < -0.4 is 10.6 Å². The first-order valence-electron chi connectivity index (χ1n) is 10.6. The van der Waals surface area contributed by atoms with Gasteiger partial charge in [0.1, 0.15) is 6.04 Å². The molecule has 0 aromatic carbocycles. The van der Waals surface area contributed by atoms with Crippen LogP contribution in [0.25, 0.3) is 0 Å². The Labute approximate surface area is 174 Å². The zero-order valence-corrected chi connectivity index (χ0v) is 18.7. The van der Waals surface area contributed by atoms with Crippen LogP contribution in [-0.4, -0.2) is 59.0 Å². The molecule has 7 heteroatoms. The Morgan fingerprint density at radius 3 is 2.34 bits per heavy atom. The smallest absolute Gasteiger partial charge is 0.243 e. The summed E-state index contributed by atoms with van der Waals surface area (Å²) in [5.74, 6) is -2.27. The molecule has 0 radical (unpaired) electrons. The van der Waals surface area contributed by atoms with Crippen molar-refractivity contribution in [2.24, 2.45) is 29.6 Å². The van der Waals surface area contributed by atoms with Crippen molar-refractivity contribution < 1.29 is 19.5 Å². The molecule has 1 aliphatic carbocycles. The first-order valence-corrected chi connectivity index (χ1v) is 10.6. The van der Waals surface area contributed by atoms with Gasteiger partial charge in [-0.05, 0) is 32.6 Å². The zero-order chi connectivity index (χ0) is 22.1. The van der Waals surface area contributed by atoms with Crippen LogP contribution in [0, 0.1) is 29.6 Å². The molecule has 164 valence electrons. The van der Waals surface area contributed by atoms with E-state index in [0.717, 1.165) is 6.42 Å². The highest BCUT2D eigenvalue weighted by atomic mass is 16.3. The molecular weight excluding hydrogens is 370 g/mol. The van der Waals surface area contributed by atoms with Crippen LogP contribution in [0.4, 0.5) is 0 Å². The van der Waals surface area contributed by atoms with E-state index in [1.807, 2.05) is 53.7 Å². The fourth-order valence-electron chi connectivity index (χ4n) is 4.72. The third-order valence-electron chi connectivity index (χ3n) is 6.37. The highest BCUT2D eigenvalue weighted by Gasteiger charge is 2.58. The summed E-state index contributed by atoms with van der Waals surface area (Å²) in [6.07, 6.45) is 4.63. The van der Waals surface area contributed by atoms with Crippen molar-refractivity contribution in [1.29, 1.82) is 0 Å². The fourth-order valence-corrected chi connectivity index (χ4v) is 4.72. The van der Waals surface area contributed by atoms with E-state index in [1.165, 1.54) is 0 Å². The third-order valence-corrected chi connectivity index (χ3v) is 6.37. The van der Waals surface area contributed by atoms with E-state index in [1.54, 1.807) is 11.9 Å². The Hall–Kier alpha value is -1.89. The summed E-state index contributed by atoms with van der Waals surface area (Å²) in [6.45, 7) is 11.4. The van der Waals surface area contributed by atoms with Gasteiger partial charge in [0.05, 0.1) is 24.5 Å². The maximum atomic E-state index is 13.6. The first-order chi connectivity index (χ1) is 13.5. The molecule has 1 saturated heterocycles. The molecule has 0 saturated carbocycles. The van der Waals surface area contributed by atoms with E-state index in [-0.39, 0.29) is 36.2 Å². The van der Waals surface area contributed by atoms with Gasteiger partial charge in [0.2, 0.25) is 17.7 Å². The van der Waals surface area contributed by atoms with Crippen molar-refractivity contribution in [2.45, 2.75) is 65.6 Å². The Kier molecular flexibility index (Phi) is 7.14. The number of amides is 3. The van der Waals surface area contributed by atoms with Crippen LogP contribution >= 0.6 is 0 Å². The standard InChI is InChI=1S/C22H37N3O4/c1-8-12(2)15(11-26)25-18(20(28)24-22(4,5)6)14-10-9-13(3)16(19(27)23-7)17(14)21(25)29/h9-10,12-18,26H,8,11H2,1-7H3,(H,23,27)(H,24,28)/t12-,13+,14-,15-,16+,17-,18-/m0/s1. The summed E-state index contributed by atoms with van der Waals surface area (Å²) >= 11 is 0. The Morgan fingerprint density at radius 1 is 1.24 bits per heavy atom. The quantitative estimate of drug-likeness (QED) is 0.578. The number of nitrogens with zero attached hydrogens (tertiary/aromatic N) is 1. The summed E-state index contributed by atoms with van der Waals surface area (Å²) < 4.78 is 0. The van der Waals surface area contributed by atoms with Gasteiger partial charge in [0.15, 0.2) is 0 Å². The minimum Gasteiger partial charge on any atom is -0.394 e. The minimum absolute atomic E-state index is 0.0221. The molecular formula is C22H37N3O4. The topological polar surface area (TPSA) is 98.7 Å². The van der Waals surface area contributed by atoms with E-state index >= 15 is 0 Å². The molecule has 7 atom stereocenters. The van der Waals surface area contributed by atoms with Gasteiger partial charge in [0, 0.05) is 18.5 Å². The molecule has 1 heterocycles. The number of rotatable bonds is 6. The number of hydrogen-bond donors (Lipinski definition) is 3. The van der Waals surface area contributed by atoms with Crippen molar-refractivity contribution >= 4 is 17.7 Å². The average Bonchev–Trinajstić information content (AvgIpc) is 2.93. The van der Waals surface area contributed by atoms with Gasteiger partial charge in [-0.2, -0.15) is 0 Å². The molecule has 0 unspecified atom stereocenters. The molecule has 7 nitrogen and oxygen atoms in total. The zero-order valence-electron chi connectivity index (χ0n) is 18.7. The van der Waals surface area contributed by atoms with Gasteiger partial charge >= 0.3 is 0 Å². The number of likely N-dealkylation sites (tertiary alicyclic amines) is 1. The second-order valence-corrected chi connectivity index (χ2v) is 9.55. The van der Waals surface area contributed by atoms with Gasteiger partial charge in [-0.3, -0.25) is 14.4 Å². The van der Waals surface area contributed by atoms with Crippen molar-refractivity contribution in [3.8, 4) is 0 Å². The lowest BCUT2D eigenvalue weighted by molar-refractivity contribution is -0.144. The van der Waals surface area contributed by atoms with Crippen LogP contribution in [0.1, 0.15) is 48.0 Å². The van der Waals surface area contributed by atoms with E-state index < -0.39 is 35.4 Å². The molecule has 0 aromatic rings. The molecule has 2 aliphatic rings. The van der Waals surface area contributed by atoms with Crippen LogP contribution in [0.5, 0.6) is 0 Å². The van der Waals surface area contributed by atoms with Crippen LogP contribution in [-0.2, 0) is 14.4 Å². The maximum absolute atomic E-state index is 13.6. The molecule has 29 heavy (non-hydrogen) atoms. The second kappa shape index (κ2) is 8.86. The van der Waals surface area contributed by atoms with E-state index in [9.17, 15) is 19.5 Å². The second-order valence-electron chi connectivity index (χ2n) is 9.55. The van der Waals surface area contributed by atoms with Crippen LogP contribution in [0.15, 0.2) is 12.2 Å². The lowest BCUT2D eigenvalue weighted by Gasteiger charge is -2.37. The lowest BCUT2D eigenvalue weighted by Crippen LogP contribution is -2.56. The maximum Gasteiger partial charge on any atom is 0.243 e. The molecule has 1 fully saturated rings. The fraction of sp³-hybridized carbons (Fsp3) is 0.773. The van der Waals surface area contributed by atoms with Crippen molar-refractivity contribution in [2.75, 3.05) is 13.7 Å². The van der Waals surface area contributed by atoms with Gasteiger partial charge in [0.25, 0.3) is 0 Å². The first kappa shape index (κ1) is 23.4. The molecule has 3 N–H and O–H groups in total. The van der Waals surface area contributed by atoms with Gasteiger partial charge < -0.3 is 20.6 Å². The molecule has 3 amide bonds. The number of carbonyl (C=O) groups excluding carboxylic acids is 3. The molecule has 0 bridgehead atoms. The number of aliphatic hydroxyl groups is 1. The number of nitrogens with one attached hydrogen (secondary N) is 2. The third kappa shape index (κ3) is 4.49. The summed E-state index contributed by atoms with van der Waals surface area (Å²) in [7, 11) is 1.57. The summed E-state index contributed by atoms with van der Waals surface area (Å²) in [6, 6.07) is -1.21.